The van der Waals surface area contributed by atoms with E-state index in [1.54, 1.807) is 4.80 Å². The Kier molecular flexibility index (Phi) is 6.03. The van der Waals surface area contributed by atoms with Crippen molar-refractivity contribution in [3.63, 3.8) is 0 Å². The molecule has 4 fully saturated rings. The van der Waals surface area contributed by atoms with Crippen LogP contribution in [0.15, 0.2) is 18.2 Å². The number of halogens is 1. The van der Waals surface area contributed by atoms with Crippen molar-refractivity contribution in [2.24, 2.45) is 46.3 Å². The maximum atomic E-state index is 13.7. The highest BCUT2D eigenvalue weighted by Gasteiger charge is 2.62. The topological polar surface area (TPSA) is 57.0 Å². The molecule has 0 saturated heterocycles. The summed E-state index contributed by atoms with van der Waals surface area (Å²) in [6, 6.07) is 5.51. The van der Waals surface area contributed by atoms with Gasteiger partial charge < -0.3 is 4.74 Å². The van der Waals surface area contributed by atoms with E-state index in [9.17, 15) is 4.79 Å². The van der Waals surface area contributed by atoms with Gasteiger partial charge in [-0.15, -0.1) is 0 Å². The van der Waals surface area contributed by atoms with Gasteiger partial charge in [-0.05, 0) is 110 Å². The number of carbonyl (C=O) groups is 1. The Morgan fingerprint density at radius 3 is 2.74 bits per heavy atom. The first kappa shape index (κ1) is 23.9. The van der Waals surface area contributed by atoms with Gasteiger partial charge in [0, 0.05) is 18.1 Å². The highest BCUT2D eigenvalue weighted by atomic mass is 35.5. The number of fused-ring (bicyclic) bond motifs is 6. The number of rotatable bonds is 5. The van der Waals surface area contributed by atoms with Crippen LogP contribution >= 0.6 is 11.6 Å². The molecule has 0 amide bonds. The van der Waals surface area contributed by atoms with Crippen LogP contribution in [0.25, 0.3) is 11.0 Å². The molecule has 8 atom stereocenters. The van der Waals surface area contributed by atoms with E-state index in [-0.39, 0.29) is 17.9 Å². The van der Waals surface area contributed by atoms with Gasteiger partial charge in [-0.3, -0.25) is 4.79 Å². The van der Waals surface area contributed by atoms with Gasteiger partial charge in [0.2, 0.25) is 0 Å². The van der Waals surface area contributed by atoms with E-state index in [2.05, 4.69) is 24.0 Å². The second-order valence-corrected chi connectivity index (χ2v) is 13.1. The summed E-state index contributed by atoms with van der Waals surface area (Å²) in [4.78, 5) is 15.3. The summed E-state index contributed by atoms with van der Waals surface area (Å²) in [5.74, 6) is 4.28. The summed E-state index contributed by atoms with van der Waals surface area (Å²) in [5, 5.41) is 9.74. The van der Waals surface area contributed by atoms with Gasteiger partial charge in [0.1, 0.15) is 17.6 Å². The molecule has 6 rings (SSSR count). The Morgan fingerprint density at radius 1 is 1.09 bits per heavy atom. The Morgan fingerprint density at radius 2 is 1.91 bits per heavy atom. The van der Waals surface area contributed by atoms with Gasteiger partial charge in [0.25, 0.3) is 0 Å². The van der Waals surface area contributed by atoms with Crippen molar-refractivity contribution in [2.45, 2.75) is 78.2 Å². The SMILES string of the molecule is COC[C@]12CCC(C)CC1CCC1C3CCC(C(=O)Cn4nc5ccc(Cl)cc5n4)C3(C)CCC12. The van der Waals surface area contributed by atoms with Crippen molar-refractivity contribution < 1.29 is 9.53 Å². The normalized spacial score (nSPS) is 40.8. The molecular weight excluding hydrogens is 458 g/mol. The van der Waals surface area contributed by atoms with Crippen LogP contribution in [-0.2, 0) is 16.1 Å². The van der Waals surface area contributed by atoms with Crippen molar-refractivity contribution in [3.05, 3.63) is 23.2 Å². The number of benzene rings is 1. The van der Waals surface area contributed by atoms with Gasteiger partial charge in [0.15, 0.2) is 5.78 Å². The van der Waals surface area contributed by atoms with Gasteiger partial charge in [-0.1, -0.05) is 31.9 Å². The molecule has 5 nitrogen and oxygen atoms in total. The molecular formula is C29H40ClN3O2. The Hall–Kier alpha value is -1.46. The fraction of sp³-hybridized carbons (Fsp3) is 0.759. The van der Waals surface area contributed by atoms with Crippen molar-refractivity contribution in [1.82, 2.24) is 15.0 Å². The van der Waals surface area contributed by atoms with Crippen molar-refractivity contribution >= 4 is 28.4 Å². The highest BCUT2D eigenvalue weighted by molar-refractivity contribution is 6.31. The van der Waals surface area contributed by atoms with Crippen LogP contribution in [0.5, 0.6) is 0 Å². The second kappa shape index (κ2) is 8.83. The van der Waals surface area contributed by atoms with E-state index >= 15 is 0 Å². The van der Waals surface area contributed by atoms with E-state index in [1.165, 1.54) is 51.4 Å². The quantitative estimate of drug-likeness (QED) is 0.468. The molecule has 190 valence electrons. The molecule has 4 aliphatic carbocycles. The van der Waals surface area contributed by atoms with Crippen LogP contribution in [0, 0.1) is 46.3 Å². The van der Waals surface area contributed by atoms with Crippen LogP contribution in [0.1, 0.15) is 71.6 Å². The van der Waals surface area contributed by atoms with Crippen LogP contribution < -0.4 is 0 Å². The minimum absolute atomic E-state index is 0.108. The van der Waals surface area contributed by atoms with E-state index in [1.807, 2.05) is 25.3 Å². The van der Waals surface area contributed by atoms with E-state index in [4.69, 9.17) is 16.3 Å². The molecule has 0 aliphatic heterocycles. The maximum absolute atomic E-state index is 13.7. The standard InChI is InChI=1S/C29H40ClN3O2/c1-18-10-13-29(17-35-3)19(14-18)4-6-21-22-7-8-24(28(22,2)12-11-23(21)29)27(34)16-33-31-25-9-5-20(30)15-26(25)32-33/h5,9,15,18-19,21-24H,4,6-8,10-14,16-17H2,1-3H3/t18?,19?,21?,22?,23?,24?,28?,29-/m1/s1. The second-order valence-electron chi connectivity index (χ2n) is 12.7. The van der Waals surface area contributed by atoms with Crippen molar-refractivity contribution in [2.75, 3.05) is 13.7 Å². The summed E-state index contributed by atoms with van der Waals surface area (Å²) < 4.78 is 5.94. The number of Topliss-reactive ketones (excluding diaryl/α,β-unsaturated/α-hetero) is 1. The summed E-state index contributed by atoms with van der Waals surface area (Å²) in [5.41, 5.74) is 2.02. The van der Waals surface area contributed by atoms with Gasteiger partial charge in [-0.2, -0.15) is 15.0 Å². The summed E-state index contributed by atoms with van der Waals surface area (Å²) in [6.45, 7) is 6.08. The monoisotopic (exact) mass is 497 g/mol. The first-order valence-corrected chi connectivity index (χ1v) is 14.2. The number of hydrogen-bond donors (Lipinski definition) is 0. The zero-order valence-corrected chi connectivity index (χ0v) is 22.3. The zero-order valence-electron chi connectivity index (χ0n) is 21.5. The number of methoxy groups -OCH3 is 1. The Bertz CT molecular complexity index is 1120. The van der Waals surface area contributed by atoms with Crippen LogP contribution in [-0.4, -0.2) is 34.5 Å². The highest BCUT2D eigenvalue weighted by Crippen LogP contribution is 2.68. The number of nitrogens with zero attached hydrogens (tertiary/aromatic N) is 3. The number of carbonyl (C=O) groups excluding carboxylic acids is 1. The molecule has 1 heterocycles. The Labute approximate surface area is 214 Å². The lowest BCUT2D eigenvalue weighted by Crippen LogP contribution is -2.56. The lowest BCUT2D eigenvalue weighted by atomic mass is 9.44. The minimum Gasteiger partial charge on any atom is -0.384 e. The molecule has 4 aliphatic rings. The predicted molar refractivity (Wildman–Crippen MR) is 138 cm³/mol. The maximum Gasteiger partial charge on any atom is 0.159 e. The number of hydrogen-bond acceptors (Lipinski definition) is 4. The van der Waals surface area contributed by atoms with E-state index in [0.717, 1.165) is 47.7 Å². The number of ketones is 1. The lowest BCUT2D eigenvalue weighted by molar-refractivity contribution is -0.154. The molecule has 35 heavy (non-hydrogen) atoms. The first-order chi connectivity index (χ1) is 16.8. The summed E-state index contributed by atoms with van der Waals surface area (Å²) in [6.07, 6.45) is 11.4. The summed E-state index contributed by atoms with van der Waals surface area (Å²) in [7, 11) is 1.91. The van der Waals surface area contributed by atoms with Gasteiger partial charge in [-0.25, -0.2) is 0 Å². The van der Waals surface area contributed by atoms with Crippen LogP contribution in [0.3, 0.4) is 0 Å². The van der Waals surface area contributed by atoms with Crippen molar-refractivity contribution in [3.8, 4) is 0 Å². The molecule has 7 unspecified atom stereocenters. The fourth-order valence-electron chi connectivity index (χ4n) is 9.60. The molecule has 4 saturated carbocycles. The van der Waals surface area contributed by atoms with E-state index < -0.39 is 0 Å². The predicted octanol–water partition coefficient (Wildman–Crippen LogP) is 6.58. The molecule has 0 bridgehead atoms. The fourth-order valence-corrected chi connectivity index (χ4v) is 9.76. The molecule has 6 heteroatoms. The van der Waals surface area contributed by atoms with Gasteiger partial charge in [0.05, 0.1) is 6.61 Å². The molecule has 1 aromatic carbocycles. The molecule has 0 spiro atoms. The largest absolute Gasteiger partial charge is 0.384 e. The average molecular weight is 498 g/mol. The number of ether oxygens (including phenoxy) is 1. The smallest absolute Gasteiger partial charge is 0.159 e. The lowest BCUT2D eigenvalue weighted by Gasteiger charge is -2.61. The third kappa shape index (κ3) is 3.79. The molecule has 1 aromatic heterocycles. The average Bonchev–Trinajstić information content (AvgIpc) is 3.38. The van der Waals surface area contributed by atoms with Crippen LogP contribution in [0.2, 0.25) is 5.02 Å². The van der Waals surface area contributed by atoms with Gasteiger partial charge >= 0.3 is 0 Å². The van der Waals surface area contributed by atoms with Crippen molar-refractivity contribution in [1.29, 1.82) is 0 Å². The zero-order chi connectivity index (χ0) is 24.4. The molecule has 0 radical (unpaired) electrons. The minimum atomic E-state index is 0.108. The van der Waals surface area contributed by atoms with Crippen LogP contribution in [0.4, 0.5) is 0 Å². The summed E-state index contributed by atoms with van der Waals surface area (Å²) >= 11 is 6.12. The third-order valence-corrected chi connectivity index (χ3v) is 11.3. The molecule has 0 N–H and O–H groups in total. The Balaban J connectivity index is 1.22. The molecule has 2 aromatic rings. The first-order valence-electron chi connectivity index (χ1n) is 13.9. The van der Waals surface area contributed by atoms with E-state index in [0.29, 0.717) is 22.1 Å². The third-order valence-electron chi connectivity index (χ3n) is 11.1. The number of aromatic nitrogens is 3.